The zero-order valence-electron chi connectivity index (χ0n) is 10.5. The van der Waals surface area contributed by atoms with Gasteiger partial charge in [0.15, 0.2) is 0 Å². The van der Waals surface area contributed by atoms with E-state index in [9.17, 15) is 4.79 Å². The van der Waals surface area contributed by atoms with Crippen molar-refractivity contribution in [1.82, 2.24) is 0 Å². The van der Waals surface area contributed by atoms with Crippen molar-refractivity contribution in [2.45, 2.75) is 9.79 Å². The molecule has 0 amide bonds. The number of methoxy groups -OCH3 is 1. The number of esters is 1. The van der Waals surface area contributed by atoms with Gasteiger partial charge in [-0.05, 0) is 36.4 Å². The molecule has 2 aromatic carbocycles. The molecule has 0 aromatic heterocycles. The molecule has 104 valence electrons. The van der Waals surface area contributed by atoms with Crippen molar-refractivity contribution in [2.75, 3.05) is 12.8 Å². The molecule has 0 unspecified atom stereocenters. The molecule has 0 aliphatic heterocycles. The lowest BCUT2D eigenvalue weighted by atomic mass is 10.2. The van der Waals surface area contributed by atoms with Crippen LogP contribution in [0.1, 0.15) is 10.4 Å². The molecule has 0 bridgehead atoms. The fraction of sp³-hybridized carbons (Fsp3) is 0.0714. The number of nitrogen functional groups attached to an aromatic ring is 1. The number of nitrogens with two attached hydrogens (primary N) is 1. The third kappa shape index (κ3) is 3.39. The first kappa shape index (κ1) is 15.0. The van der Waals surface area contributed by atoms with Crippen LogP contribution in [0, 0.1) is 0 Å². The van der Waals surface area contributed by atoms with Crippen molar-refractivity contribution in [2.24, 2.45) is 0 Å². The summed E-state index contributed by atoms with van der Waals surface area (Å²) < 4.78 is 4.69. The van der Waals surface area contributed by atoms with Gasteiger partial charge in [-0.3, -0.25) is 0 Å². The van der Waals surface area contributed by atoms with Gasteiger partial charge in [-0.15, -0.1) is 0 Å². The van der Waals surface area contributed by atoms with Crippen LogP contribution in [0.15, 0.2) is 46.2 Å². The molecular weight excluding hydrogens is 317 g/mol. The fourth-order valence-electron chi connectivity index (χ4n) is 1.53. The molecule has 0 aliphatic rings. The molecule has 6 heteroatoms. The number of benzene rings is 2. The second-order valence-corrected chi connectivity index (χ2v) is 5.85. The largest absolute Gasteiger partial charge is 0.465 e. The number of carbonyl (C=O) groups is 1. The van der Waals surface area contributed by atoms with Crippen LogP contribution in [-0.2, 0) is 4.74 Å². The molecule has 3 nitrogen and oxygen atoms in total. The Labute approximate surface area is 131 Å². The van der Waals surface area contributed by atoms with Gasteiger partial charge in [0, 0.05) is 15.5 Å². The van der Waals surface area contributed by atoms with Gasteiger partial charge in [0.2, 0.25) is 0 Å². The fourth-order valence-corrected chi connectivity index (χ4v) is 2.84. The van der Waals surface area contributed by atoms with Crippen LogP contribution in [-0.4, -0.2) is 13.1 Å². The minimum Gasteiger partial charge on any atom is -0.465 e. The minimum atomic E-state index is -0.402. The van der Waals surface area contributed by atoms with E-state index in [0.29, 0.717) is 21.3 Å². The van der Waals surface area contributed by atoms with E-state index >= 15 is 0 Å². The Balaban J connectivity index is 2.32. The van der Waals surface area contributed by atoms with Crippen LogP contribution in [0.5, 0.6) is 0 Å². The third-order valence-corrected chi connectivity index (χ3v) is 4.36. The van der Waals surface area contributed by atoms with E-state index in [0.717, 1.165) is 9.79 Å². The summed E-state index contributed by atoms with van der Waals surface area (Å²) in [5.74, 6) is -0.402. The Morgan fingerprint density at radius 2 is 1.90 bits per heavy atom. The van der Waals surface area contributed by atoms with Crippen molar-refractivity contribution in [3.63, 3.8) is 0 Å². The van der Waals surface area contributed by atoms with Crippen LogP contribution in [0.25, 0.3) is 0 Å². The van der Waals surface area contributed by atoms with Crippen LogP contribution in [0.3, 0.4) is 0 Å². The first-order valence-electron chi connectivity index (χ1n) is 5.62. The van der Waals surface area contributed by atoms with Gasteiger partial charge >= 0.3 is 5.97 Å². The SMILES string of the molecule is COC(=O)c1ccc(N)c(Sc2ccc(Cl)c(Cl)c2)c1. The van der Waals surface area contributed by atoms with E-state index in [2.05, 4.69) is 4.74 Å². The smallest absolute Gasteiger partial charge is 0.337 e. The highest BCUT2D eigenvalue weighted by Crippen LogP contribution is 2.35. The van der Waals surface area contributed by atoms with Crippen molar-refractivity contribution in [3.8, 4) is 0 Å². The highest BCUT2D eigenvalue weighted by molar-refractivity contribution is 7.99. The summed E-state index contributed by atoms with van der Waals surface area (Å²) in [6.45, 7) is 0. The maximum atomic E-state index is 11.5. The summed E-state index contributed by atoms with van der Waals surface area (Å²) in [6, 6.07) is 10.3. The number of halogens is 2. The van der Waals surface area contributed by atoms with Gasteiger partial charge in [0.05, 0.1) is 22.7 Å². The second-order valence-electron chi connectivity index (χ2n) is 3.92. The summed E-state index contributed by atoms with van der Waals surface area (Å²) in [7, 11) is 1.34. The van der Waals surface area contributed by atoms with Gasteiger partial charge in [0.25, 0.3) is 0 Å². The molecule has 20 heavy (non-hydrogen) atoms. The lowest BCUT2D eigenvalue weighted by Gasteiger charge is -2.08. The van der Waals surface area contributed by atoms with Crippen LogP contribution in [0.4, 0.5) is 5.69 Å². The zero-order valence-corrected chi connectivity index (χ0v) is 12.9. The molecule has 0 saturated carbocycles. The Kier molecular flexibility index (Phi) is 4.81. The van der Waals surface area contributed by atoms with Crippen molar-refractivity contribution in [3.05, 3.63) is 52.0 Å². The Hall–Kier alpha value is -1.36. The molecule has 0 spiro atoms. The molecule has 2 aromatic rings. The molecule has 0 fully saturated rings. The van der Waals surface area contributed by atoms with Gasteiger partial charge in [0.1, 0.15) is 0 Å². The Bertz CT molecular complexity index is 662. The minimum absolute atomic E-state index is 0.402. The zero-order chi connectivity index (χ0) is 14.7. The van der Waals surface area contributed by atoms with E-state index < -0.39 is 5.97 Å². The highest BCUT2D eigenvalue weighted by atomic mass is 35.5. The molecule has 0 saturated heterocycles. The second kappa shape index (κ2) is 6.39. The monoisotopic (exact) mass is 327 g/mol. The average Bonchev–Trinajstić information content (AvgIpc) is 2.44. The lowest BCUT2D eigenvalue weighted by molar-refractivity contribution is 0.0600. The van der Waals surface area contributed by atoms with Crippen LogP contribution in [0.2, 0.25) is 10.0 Å². The van der Waals surface area contributed by atoms with Crippen molar-refractivity contribution >= 4 is 46.6 Å². The molecule has 2 rings (SSSR count). The average molecular weight is 328 g/mol. The number of rotatable bonds is 3. The van der Waals surface area contributed by atoms with E-state index in [-0.39, 0.29) is 0 Å². The molecule has 0 radical (unpaired) electrons. The standard InChI is InChI=1S/C14H11Cl2NO2S/c1-19-14(18)8-2-5-12(17)13(6-8)20-9-3-4-10(15)11(16)7-9/h2-7H,17H2,1H3. The molecular formula is C14H11Cl2NO2S. The summed E-state index contributed by atoms with van der Waals surface area (Å²) in [5, 5.41) is 0.965. The predicted octanol–water partition coefficient (Wildman–Crippen LogP) is 4.51. The van der Waals surface area contributed by atoms with Gasteiger partial charge in [-0.25, -0.2) is 4.79 Å². The number of anilines is 1. The maximum absolute atomic E-state index is 11.5. The van der Waals surface area contributed by atoms with Crippen molar-refractivity contribution in [1.29, 1.82) is 0 Å². The van der Waals surface area contributed by atoms with Gasteiger partial charge < -0.3 is 10.5 Å². The number of ether oxygens (including phenoxy) is 1. The van der Waals surface area contributed by atoms with Crippen molar-refractivity contribution < 1.29 is 9.53 Å². The highest BCUT2D eigenvalue weighted by Gasteiger charge is 2.10. The number of hydrogen-bond acceptors (Lipinski definition) is 4. The molecule has 2 N–H and O–H groups in total. The summed E-state index contributed by atoms with van der Waals surface area (Å²) >= 11 is 13.3. The molecule has 0 heterocycles. The van der Waals surface area contributed by atoms with E-state index in [1.54, 1.807) is 30.3 Å². The quantitative estimate of drug-likeness (QED) is 0.665. The number of hydrogen-bond donors (Lipinski definition) is 1. The lowest BCUT2D eigenvalue weighted by Crippen LogP contribution is -2.02. The first-order chi connectivity index (χ1) is 9.51. The van der Waals surface area contributed by atoms with Crippen LogP contribution < -0.4 is 5.73 Å². The van der Waals surface area contributed by atoms with E-state index in [4.69, 9.17) is 28.9 Å². The van der Waals surface area contributed by atoms with Gasteiger partial charge in [-0.2, -0.15) is 0 Å². The Morgan fingerprint density at radius 1 is 1.15 bits per heavy atom. The Morgan fingerprint density at radius 3 is 2.55 bits per heavy atom. The molecule has 0 atom stereocenters. The number of carbonyl (C=O) groups excluding carboxylic acids is 1. The van der Waals surface area contributed by atoms with Gasteiger partial charge in [-0.1, -0.05) is 35.0 Å². The summed E-state index contributed by atoms with van der Waals surface area (Å²) in [6.07, 6.45) is 0. The maximum Gasteiger partial charge on any atom is 0.337 e. The topological polar surface area (TPSA) is 52.3 Å². The molecule has 0 aliphatic carbocycles. The first-order valence-corrected chi connectivity index (χ1v) is 7.19. The predicted molar refractivity (Wildman–Crippen MR) is 82.8 cm³/mol. The third-order valence-electron chi connectivity index (χ3n) is 2.55. The van der Waals surface area contributed by atoms with E-state index in [1.165, 1.54) is 18.9 Å². The van der Waals surface area contributed by atoms with Crippen LogP contribution >= 0.6 is 35.0 Å². The van der Waals surface area contributed by atoms with E-state index in [1.807, 2.05) is 6.07 Å². The summed E-state index contributed by atoms with van der Waals surface area (Å²) in [5.41, 5.74) is 6.94. The summed E-state index contributed by atoms with van der Waals surface area (Å²) in [4.78, 5) is 13.2. The normalized spacial score (nSPS) is 10.3.